The van der Waals surface area contributed by atoms with Gasteiger partial charge in [0.1, 0.15) is 5.75 Å². The van der Waals surface area contributed by atoms with Gasteiger partial charge in [-0.05, 0) is 18.2 Å². The zero-order chi connectivity index (χ0) is 20.5. The lowest BCUT2D eigenvalue weighted by molar-refractivity contribution is -0.138. The van der Waals surface area contributed by atoms with Crippen LogP contribution in [0, 0.1) is 0 Å². The van der Waals surface area contributed by atoms with E-state index in [4.69, 9.17) is 16.3 Å². The molecule has 152 valence electrons. The van der Waals surface area contributed by atoms with E-state index in [1.807, 2.05) is 0 Å². The normalized spacial score (nSPS) is 19.1. The minimum Gasteiger partial charge on any atom is -0.493 e. The number of ether oxygens (including phenoxy) is 2. The van der Waals surface area contributed by atoms with Gasteiger partial charge in [-0.2, -0.15) is 22.0 Å². The zero-order valence-electron chi connectivity index (χ0n) is 14.1. The van der Waals surface area contributed by atoms with E-state index < -0.39 is 36.2 Å². The maximum Gasteiger partial charge on any atom is 0.418 e. The Labute approximate surface area is 161 Å². The van der Waals surface area contributed by atoms with Crippen LogP contribution in [-0.4, -0.2) is 29.9 Å². The van der Waals surface area contributed by atoms with Crippen LogP contribution in [0.4, 0.5) is 27.8 Å². The van der Waals surface area contributed by atoms with Gasteiger partial charge < -0.3 is 19.9 Å². The first kappa shape index (κ1) is 20.4. The molecule has 2 N–H and O–H groups in total. The molecule has 5 nitrogen and oxygen atoms in total. The first-order valence-corrected chi connectivity index (χ1v) is 8.36. The molecule has 0 unspecified atom stereocenters. The Morgan fingerprint density at radius 3 is 2.71 bits per heavy atom. The number of hydrogen-bond acceptors (Lipinski definition) is 5. The van der Waals surface area contributed by atoms with E-state index in [0.717, 1.165) is 0 Å². The third-order valence-electron chi connectivity index (χ3n) is 4.27. The first-order valence-electron chi connectivity index (χ1n) is 7.98. The van der Waals surface area contributed by atoms with E-state index >= 15 is 0 Å². The Kier molecular flexibility index (Phi) is 5.53. The molecular formula is C17H14ClF5N2O3. The monoisotopic (exact) mass is 424 g/mol. The summed E-state index contributed by atoms with van der Waals surface area (Å²) in [4.78, 5) is 3.61. The molecular weight excluding hydrogens is 411 g/mol. The van der Waals surface area contributed by atoms with Gasteiger partial charge in [0.15, 0.2) is 11.6 Å². The Hall–Kier alpha value is -2.33. The number of hydrogen-bond donors (Lipinski definition) is 2. The number of rotatable bonds is 5. The molecule has 3 rings (SSSR count). The van der Waals surface area contributed by atoms with Crippen LogP contribution in [0.15, 0.2) is 30.5 Å². The molecule has 1 aliphatic rings. The highest BCUT2D eigenvalue weighted by atomic mass is 35.5. The minimum absolute atomic E-state index is 0.145. The quantitative estimate of drug-likeness (QED) is 0.695. The Morgan fingerprint density at radius 1 is 1.32 bits per heavy atom. The van der Waals surface area contributed by atoms with Crippen molar-refractivity contribution in [2.45, 2.75) is 24.7 Å². The minimum atomic E-state index is -4.79. The van der Waals surface area contributed by atoms with E-state index in [-0.39, 0.29) is 18.8 Å². The standard InChI is InChI=1S/C17H14ClF5N2O3/c18-10-1-2-11-12(6-10)27-4-3-16(11,8-26)25-14-13(28-15(19)20)5-9(7-24-14)17(21,22)23/h1-2,5-7,15,26H,3-4,8H2,(H,24,25)/t16-/m1/s1. The maximum absolute atomic E-state index is 12.9. The molecule has 28 heavy (non-hydrogen) atoms. The molecule has 0 fully saturated rings. The highest BCUT2D eigenvalue weighted by molar-refractivity contribution is 6.30. The largest absolute Gasteiger partial charge is 0.493 e. The molecule has 1 aromatic heterocycles. The molecule has 2 heterocycles. The molecule has 1 aromatic carbocycles. The summed E-state index contributed by atoms with van der Waals surface area (Å²) < 4.78 is 73.9. The number of nitrogens with zero attached hydrogens (tertiary/aromatic N) is 1. The summed E-state index contributed by atoms with van der Waals surface area (Å²) in [5.41, 5.74) is -2.04. The van der Waals surface area contributed by atoms with Crippen LogP contribution in [0.3, 0.4) is 0 Å². The molecule has 11 heteroatoms. The third-order valence-corrected chi connectivity index (χ3v) is 4.50. The molecule has 0 aliphatic carbocycles. The molecule has 0 saturated heterocycles. The van der Waals surface area contributed by atoms with Gasteiger partial charge in [0, 0.05) is 23.2 Å². The van der Waals surface area contributed by atoms with E-state index in [2.05, 4.69) is 15.0 Å². The molecule has 0 saturated carbocycles. The summed E-state index contributed by atoms with van der Waals surface area (Å²) in [6.07, 6.45) is -4.11. The van der Waals surface area contributed by atoms with Crippen molar-refractivity contribution in [2.75, 3.05) is 18.5 Å². The molecule has 0 amide bonds. The van der Waals surface area contributed by atoms with Crippen molar-refractivity contribution in [1.29, 1.82) is 0 Å². The van der Waals surface area contributed by atoms with Crippen LogP contribution in [0.25, 0.3) is 0 Å². The van der Waals surface area contributed by atoms with Crippen molar-refractivity contribution in [2.24, 2.45) is 0 Å². The molecule has 1 aliphatic heterocycles. The van der Waals surface area contributed by atoms with Crippen LogP contribution < -0.4 is 14.8 Å². The highest BCUT2D eigenvalue weighted by Gasteiger charge is 2.39. The molecule has 0 bridgehead atoms. The maximum atomic E-state index is 12.9. The summed E-state index contributed by atoms with van der Waals surface area (Å²) in [5.74, 6) is -0.812. The zero-order valence-corrected chi connectivity index (χ0v) is 14.8. The second-order valence-electron chi connectivity index (χ2n) is 6.05. The molecule has 2 aromatic rings. The number of nitrogens with one attached hydrogen (secondary N) is 1. The lowest BCUT2D eigenvalue weighted by Gasteiger charge is -2.39. The number of alkyl halides is 5. The number of anilines is 1. The fourth-order valence-corrected chi connectivity index (χ4v) is 3.08. The van der Waals surface area contributed by atoms with Gasteiger partial charge in [-0.15, -0.1) is 0 Å². The summed E-state index contributed by atoms with van der Waals surface area (Å²) in [6, 6.07) is 5.04. The fraction of sp³-hybridized carbons (Fsp3) is 0.353. The average Bonchev–Trinajstić information content (AvgIpc) is 2.61. The van der Waals surface area contributed by atoms with Crippen molar-refractivity contribution in [3.63, 3.8) is 0 Å². The fourth-order valence-electron chi connectivity index (χ4n) is 2.92. The Morgan fingerprint density at radius 2 is 2.07 bits per heavy atom. The number of fused-ring (bicyclic) bond motifs is 1. The molecule has 1 atom stereocenters. The number of aliphatic hydroxyl groups is 1. The van der Waals surface area contributed by atoms with E-state index in [1.165, 1.54) is 12.1 Å². The predicted molar refractivity (Wildman–Crippen MR) is 89.8 cm³/mol. The van der Waals surface area contributed by atoms with Crippen molar-refractivity contribution < 1.29 is 36.5 Å². The van der Waals surface area contributed by atoms with Gasteiger partial charge in [-0.25, -0.2) is 4.98 Å². The van der Waals surface area contributed by atoms with Crippen LogP contribution in [-0.2, 0) is 11.7 Å². The highest BCUT2D eigenvalue weighted by Crippen LogP contribution is 2.42. The van der Waals surface area contributed by atoms with E-state index in [9.17, 15) is 27.1 Å². The van der Waals surface area contributed by atoms with E-state index in [0.29, 0.717) is 28.6 Å². The summed E-state index contributed by atoms with van der Waals surface area (Å²) in [5, 5.41) is 13.2. The summed E-state index contributed by atoms with van der Waals surface area (Å²) >= 11 is 5.93. The van der Waals surface area contributed by atoms with Crippen molar-refractivity contribution in [1.82, 2.24) is 4.98 Å². The van der Waals surface area contributed by atoms with Gasteiger partial charge in [0.25, 0.3) is 0 Å². The topological polar surface area (TPSA) is 63.6 Å². The molecule has 0 radical (unpaired) electrons. The third kappa shape index (κ3) is 4.07. The van der Waals surface area contributed by atoms with Crippen molar-refractivity contribution >= 4 is 17.4 Å². The summed E-state index contributed by atoms with van der Waals surface area (Å²) in [7, 11) is 0. The smallest absolute Gasteiger partial charge is 0.418 e. The van der Waals surface area contributed by atoms with Gasteiger partial charge in [-0.1, -0.05) is 17.7 Å². The second kappa shape index (κ2) is 7.59. The lowest BCUT2D eigenvalue weighted by Crippen LogP contribution is -2.43. The summed E-state index contributed by atoms with van der Waals surface area (Å²) in [6.45, 7) is -3.73. The molecule has 0 spiro atoms. The number of aromatic nitrogens is 1. The van der Waals surface area contributed by atoms with Crippen LogP contribution in [0.5, 0.6) is 11.5 Å². The number of benzene rings is 1. The first-order chi connectivity index (χ1) is 13.1. The Bertz CT molecular complexity index is 865. The van der Waals surface area contributed by atoms with Gasteiger partial charge >= 0.3 is 12.8 Å². The van der Waals surface area contributed by atoms with Crippen LogP contribution in [0.1, 0.15) is 17.5 Å². The van der Waals surface area contributed by atoms with Gasteiger partial charge in [-0.3, -0.25) is 0 Å². The lowest BCUT2D eigenvalue weighted by atomic mass is 9.85. The van der Waals surface area contributed by atoms with Gasteiger partial charge in [0.05, 0.1) is 24.3 Å². The van der Waals surface area contributed by atoms with Crippen molar-refractivity contribution in [3.05, 3.63) is 46.6 Å². The van der Waals surface area contributed by atoms with E-state index in [1.54, 1.807) is 6.07 Å². The van der Waals surface area contributed by atoms with Gasteiger partial charge in [0.2, 0.25) is 0 Å². The van der Waals surface area contributed by atoms with Crippen molar-refractivity contribution in [3.8, 4) is 11.5 Å². The number of aliphatic hydroxyl groups excluding tert-OH is 1. The number of pyridine rings is 1. The van der Waals surface area contributed by atoms with Crippen LogP contribution >= 0.6 is 11.6 Å². The van der Waals surface area contributed by atoms with Crippen LogP contribution in [0.2, 0.25) is 5.02 Å². The SMILES string of the molecule is OC[C@]1(Nc2ncc(C(F)(F)F)cc2OC(F)F)CCOc2cc(Cl)ccc21. The second-order valence-corrected chi connectivity index (χ2v) is 6.49. The average molecular weight is 425 g/mol. The Balaban J connectivity index is 2.04. The number of halogens is 6. The predicted octanol–water partition coefficient (Wildman–Crippen LogP) is 4.44.